The highest BCUT2D eigenvalue weighted by molar-refractivity contribution is 5.83. The normalized spacial score (nSPS) is 14.2. The van der Waals surface area contributed by atoms with Crippen LogP contribution in [-0.2, 0) is 14.3 Å². The second kappa shape index (κ2) is 11.8. The maximum absolute atomic E-state index is 12.6. The standard InChI is InChI=1S/C26H30F2N2O5/c1-15(2)16(11-24(31)30-22(25(32)33)12-23(27)28)13-29-26(34)35-14-21-19-9-5-3-7-17(19)18-8-4-6-10-20(18)21/h3-10,15-16,21-23H,11-14H2,1-2H3,(H,29,34)(H,30,31)(H,32,33). The van der Waals surface area contributed by atoms with Crippen LogP contribution >= 0.6 is 0 Å². The Labute approximate surface area is 202 Å². The molecule has 9 heteroatoms. The topological polar surface area (TPSA) is 105 Å². The van der Waals surface area contributed by atoms with Crippen LogP contribution in [-0.4, -0.2) is 48.7 Å². The lowest BCUT2D eigenvalue weighted by Crippen LogP contribution is -2.43. The van der Waals surface area contributed by atoms with E-state index in [1.165, 1.54) is 0 Å². The molecule has 0 aliphatic heterocycles. The van der Waals surface area contributed by atoms with Gasteiger partial charge in [-0.2, -0.15) is 0 Å². The molecular weight excluding hydrogens is 458 g/mol. The van der Waals surface area contributed by atoms with Gasteiger partial charge in [0.1, 0.15) is 12.6 Å². The number of amides is 2. The van der Waals surface area contributed by atoms with E-state index in [1.807, 2.05) is 62.4 Å². The van der Waals surface area contributed by atoms with Crippen LogP contribution in [0.1, 0.15) is 43.7 Å². The highest BCUT2D eigenvalue weighted by Crippen LogP contribution is 2.44. The molecule has 0 aromatic heterocycles. The second-order valence-electron chi connectivity index (χ2n) is 9.00. The van der Waals surface area contributed by atoms with Crippen molar-refractivity contribution in [1.82, 2.24) is 10.6 Å². The molecule has 188 valence electrons. The average molecular weight is 489 g/mol. The summed E-state index contributed by atoms with van der Waals surface area (Å²) in [6.45, 7) is 3.98. The van der Waals surface area contributed by atoms with Crippen molar-refractivity contribution >= 4 is 18.0 Å². The fourth-order valence-corrected chi connectivity index (χ4v) is 4.30. The second-order valence-corrected chi connectivity index (χ2v) is 9.00. The first-order valence-electron chi connectivity index (χ1n) is 11.6. The zero-order chi connectivity index (χ0) is 25.5. The van der Waals surface area contributed by atoms with Gasteiger partial charge in [0, 0.05) is 25.3 Å². The van der Waals surface area contributed by atoms with E-state index in [4.69, 9.17) is 9.84 Å². The molecular formula is C26H30F2N2O5. The Morgan fingerprint density at radius 2 is 1.57 bits per heavy atom. The molecule has 2 aromatic rings. The lowest BCUT2D eigenvalue weighted by molar-refractivity contribution is -0.143. The molecule has 0 spiro atoms. The van der Waals surface area contributed by atoms with Crippen LogP contribution in [0.4, 0.5) is 13.6 Å². The maximum atomic E-state index is 12.6. The number of nitrogens with one attached hydrogen (secondary N) is 2. The van der Waals surface area contributed by atoms with Gasteiger partial charge in [0.25, 0.3) is 0 Å². The predicted octanol–water partition coefficient (Wildman–Crippen LogP) is 4.41. The van der Waals surface area contributed by atoms with E-state index >= 15 is 0 Å². The van der Waals surface area contributed by atoms with Crippen molar-refractivity contribution in [1.29, 1.82) is 0 Å². The molecule has 0 saturated carbocycles. The fourth-order valence-electron chi connectivity index (χ4n) is 4.30. The molecule has 0 bridgehead atoms. The van der Waals surface area contributed by atoms with E-state index in [2.05, 4.69) is 10.6 Å². The minimum Gasteiger partial charge on any atom is -0.480 e. The highest BCUT2D eigenvalue weighted by atomic mass is 19.3. The van der Waals surface area contributed by atoms with Gasteiger partial charge in [0.2, 0.25) is 12.3 Å². The van der Waals surface area contributed by atoms with Crippen molar-refractivity contribution in [3.05, 3.63) is 59.7 Å². The molecule has 0 heterocycles. The monoisotopic (exact) mass is 488 g/mol. The third-order valence-corrected chi connectivity index (χ3v) is 6.29. The molecule has 3 N–H and O–H groups in total. The summed E-state index contributed by atoms with van der Waals surface area (Å²) in [7, 11) is 0. The summed E-state index contributed by atoms with van der Waals surface area (Å²) in [6.07, 6.45) is -4.56. The fraction of sp³-hybridized carbons (Fsp3) is 0.423. The highest BCUT2D eigenvalue weighted by Gasteiger charge is 2.29. The van der Waals surface area contributed by atoms with Crippen molar-refractivity contribution in [2.45, 2.75) is 45.1 Å². The molecule has 0 fully saturated rings. The Hall–Kier alpha value is -3.49. The lowest BCUT2D eigenvalue weighted by atomic mass is 9.92. The molecule has 1 aliphatic rings. The van der Waals surface area contributed by atoms with Crippen LogP contribution in [0.3, 0.4) is 0 Å². The van der Waals surface area contributed by atoms with Gasteiger partial charge in [-0.15, -0.1) is 0 Å². The molecule has 2 atom stereocenters. The number of hydrogen-bond acceptors (Lipinski definition) is 4. The molecule has 7 nitrogen and oxygen atoms in total. The summed E-state index contributed by atoms with van der Waals surface area (Å²) in [4.78, 5) is 35.8. The van der Waals surface area contributed by atoms with Gasteiger partial charge in [-0.25, -0.2) is 18.4 Å². The quantitative estimate of drug-likeness (QED) is 0.435. The molecule has 1 aliphatic carbocycles. The van der Waals surface area contributed by atoms with E-state index in [9.17, 15) is 23.2 Å². The number of benzene rings is 2. The number of ether oxygens (including phenoxy) is 1. The van der Waals surface area contributed by atoms with E-state index < -0.39 is 36.9 Å². The number of fused-ring (bicyclic) bond motifs is 3. The minimum atomic E-state index is -2.85. The first-order valence-corrected chi connectivity index (χ1v) is 11.6. The number of carbonyl (C=O) groups excluding carboxylic acids is 2. The summed E-state index contributed by atoms with van der Waals surface area (Å²) in [5.41, 5.74) is 4.43. The molecule has 2 amide bonds. The number of rotatable bonds is 11. The Kier molecular flexibility index (Phi) is 8.78. The first-order chi connectivity index (χ1) is 16.7. The van der Waals surface area contributed by atoms with Crippen LogP contribution in [0.2, 0.25) is 0 Å². The van der Waals surface area contributed by atoms with Crippen molar-refractivity contribution in [3.8, 4) is 11.1 Å². The Morgan fingerprint density at radius 3 is 2.09 bits per heavy atom. The van der Waals surface area contributed by atoms with Crippen LogP contribution in [0, 0.1) is 11.8 Å². The van der Waals surface area contributed by atoms with Gasteiger partial charge in [-0.1, -0.05) is 62.4 Å². The van der Waals surface area contributed by atoms with Gasteiger partial charge < -0.3 is 20.5 Å². The van der Waals surface area contributed by atoms with Crippen molar-refractivity contribution in [2.75, 3.05) is 13.2 Å². The van der Waals surface area contributed by atoms with Gasteiger partial charge in [-0.3, -0.25) is 4.79 Å². The summed E-state index contributed by atoms with van der Waals surface area (Å²) in [5, 5.41) is 13.9. The van der Waals surface area contributed by atoms with Gasteiger partial charge >= 0.3 is 12.1 Å². The summed E-state index contributed by atoms with van der Waals surface area (Å²) < 4.78 is 30.6. The average Bonchev–Trinajstić information content (AvgIpc) is 3.13. The third-order valence-electron chi connectivity index (χ3n) is 6.29. The summed E-state index contributed by atoms with van der Waals surface area (Å²) in [5.74, 6) is -2.63. The van der Waals surface area contributed by atoms with Crippen LogP contribution in [0.5, 0.6) is 0 Å². The number of halogens is 2. The third kappa shape index (κ3) is 6.77. The van der Waals surface area contributed by atoms with Gasteiger partial charge in [0.15, 0.2) is 0 Å². The zero-order valence-corrected chi connectivity index (χ0v) is 19.7. The largest absolute Gasteiger partial charge is 0.480 e. The van der Waals surface area contributed by atoms with Crippen LogP contribution < -0.4 is 10.6 Å². The number of carbonyl (C=O) groups is 3. The number of carboxylic acid groups (broad SMARTS) is 1. The Morgan fingerprint density at radius 1 is 1.00 bits per heavy atom. The molecule has 35 heavy (non-hydrogen) atoms. The van der Waals surface area contributed by atoms with Gasteiger partial charge in [-0.05, 0) is 34.1 Å². The number of alkyl carbamates (subject to hydrolysis) is 1. The molecule has 0 saturated heterocycles. The van der Waals surface area contributed by atoms with Crippen LogP contribution in [0.15, 0.2) is 48.5 Å². The predicted molar refractivity (Wildman–Crippen MR) is 126 cm³/mol. The lowest BCUT2D eigenvalue weighted by Gasteiger charge is -2.22. The molecule has 2 unspecified atom stereocenters. The van der Waals surface area contributed by atoms with E-state index in [0.717, 1.165) is 22.3 Å². The van der Waals surface area contributed by atoms with Crippen molar-refractivity contribution in [2.24, 2.45) is 11.8 Å². The smallest absolute Gasteiger partial charge is 0.407 e. The maximum Gasteiger partial charge on any atom is 0.407 e. The van der Waals surface area contributed by atoms with E-state index in [1.54, 1.807) is 0 Å². The Bertz CT molecular complexity index is 1010. The minimum absolute atomic E-state index is 0.0342. The molecule has 2 aromatic carbocycles. The number of aliphatic carboxylic acids is 1. The van der Waals surface area contributed by atoms with Crippen molar-refractivity contribution in [3.63, 3.8) is 0 Å². The molecule has 3 rings (SSSR count). The Balaban J connectivity index is 1.53. The summed E-state index contributed by atoms with van der Waals surface area (Å²) in [6, 6.07) is 14.3. The van der Waals surface area contributed by atoms with Crippen molar-refractivity contribution < 1.29 is 33.0 Å². The SMILES string of the molecule is CC(C)C(CNC(=O)OCC1c2ccccc2-c2ccccc21)CC(=O)NC(CC(F)F)C(=O)O. The van der Waals surface area contributed by atoms with E-state index in [-0.39, 0.29) is 37.3 Å². The zero-order valence-electron chi connectivity index (χ0n) is 19.7. The van der Waals surface area contributed by atoms with Gasteiger partial charge in [0.05, 0.1) is 0 Å². The number of carboxylic acids is 1. The summed E-state index contributed by atoms with van der Waals surface area (Å²) >= 11 is 0. The number of alkyl halides is 2. The number of hydrogen-bond donors (Lipinski definition) is 3. The van der Waals surface area contributed by atoms with E-state index in [0.29, 0.717) is 0 Å². The first kappa shape index (κ1) is 26.1. The molecule has 0 radical (unpaired) electrons. The van der Waals surface area contributed by atoms with Crippen LogP contribution in [0.25, 0.3) is 11.1 Å².